The van der Waals surface area contributed by atoms with Gasteiger partial charge >= 0.3 is 0 Å². The maximum atomic E-state index is 3.77. The molecular weight excluding hydrogens is 599 g/mol. The first kappa shape index (κ1) is 26.1. The molecule has 0 aliphatic carbocycles. The van der Waals surface area contributed by atoms with Gasteiger partial charge in [0.1, 0.15) is 0 Å². The Morgan fingerprint density at radius 2 is 0.958 bits per heavy atom. The van der Waals surface area contributed by atoms with Gasteiger partial charge in [0.05, 0.1) is 0 Å². The van der Waals surface area contributed by atoms with Gasteiger partial charge in [-0.25, -0.2) is 0 Å². The van der Waals surface area contributed by atoms with Crippen LogP contribution in [0, 0.1) is 0 Å². The van der Waals surface area contributed by atoms with E-state index in [9.17, 15) is 0 Å². The minimum Gasteiger partial charge on any atom is -0.354 e. The van der Waals surface area contributed by atoms with E-state index >= 15 is 0 Å². The molecule has 0 saturated heterocycles. The standard InChI is InChI=1S/C46H27NS/c1-3-13-30-27(10-1)12-9-19-32(30)45-35-17-7-5-15-33(35)44(34-16-6-8-18-36(34)45)29-21-23-41-38(24-29)39-26-43-40(25-42(39)47-41)37-22-20-28-11-2-4-14-31(28)46(37)48-43/h1-26,47H. The van der Waals surface area contributed by atoms with E-state index in [0.717, 1.165) is 0 Å². The average Bonchev–Trinajstić information content (AvgIpc) is 3.69. The lowest BCUT2D eigenvalue weighted by Gasteiger charge is -2.19. The van der Waals surface area contributed by atoms with Crippen LogP contribution in [0.5, 0.6) is 0 Å². The predicted molar refractivity (Wildman–Crippen MR) is 210 cm³/mol. The summed E-state index contributed by atoms with van der Waals surface area (Å²) in [5, 5.41) is 15.5. The summed E-state index contributed by atoms with van der Waals surface area (Å²) in [7, 11) is 0. The third-order valence-corrected chi connectivity index (χ3v) is 11.6. The molecule has 9 aromatic carbocycles. The molecule has 11 rings (SSSR count). The van der Waals surface area contributed by atoms with Gasteiger partial charge in [0, 0.05) is 42.0 Å². The molecule has 2 heterocycles. The number of hydrogen-bond acceptors (Lipinski definition) is 1. The highest BCUT2D eigenvalue weighted by Crippen LogP contribution is 2.47. The zero-order valence-electron chi connectivity index (χ0n) is 25.9. The molecule has 11 aromatic rings. The maximum Gasteiger partial charge on any atom is 0.0472 e. The summed E-state index contributed by atoms with van der Waals surface area (Å²) in [6.45, 7) is 0. The molecule has 0 saturated carbocycles. The predicted octanol–water partition coefficient (Wildman–Crippen LogP) is 13.6. The number of fused-ring (bicyclic) bond motifs is 11. The number of H-pyrrole nitrogens is 1. The van der Waals surface area contributed by atoms with Crippen molar-refractivity contribution in [2.24, 2.45) is 0 Å². The lowest BCUT2D eigenvalue weighted by Crippen LogP contribution is -1.91. The number of nitrogens with one attached hydrogen (secondary N) is 1. The largest absolute Gasteiger partial charge is 0.354 e. The number of aromatic nitrogens is 1. The van der Waals surface area contributed by atoms with Crippen LogP contribution in [0.1, 0.15) is 0 Å². The van der Waals surface area contributed by atoms with Gasteiger partial charge in [-0.05, 0) is 89.6 Å². The minimum atomic E-state index is 1.17. The van der Waals surface area contributed by atoms with Crippen LogP contribution in [0.2, 0.25) is 0 Å². The molecule has 0 amide bonds. The van der Waals surface area contributed by atoms with Gasteiger partial charge in [0.25, 0.3) is 0 Å². The van der Waals surface area contributed by atoms with Crippen molar-refractivity contribution < 1.29 is 0 Å². The Morgan fingerprint density at radius 1 is 0.354 bits per heavy atom. The van der Waals surface area contributed by atoms with Crippen molar-refractivity contribution in [2.75, 3.05) is 0 Å². The van der Waals surface area contributed by atoms with E-state index in [1.807, 2.05) is 11.3 Å². The second-order valence-corrected chi connectivity index (χ2v) is 14.0. The summed E-state index contributed by atoms with van der Waals surface area (Å²) in [5.41, 5.74) is 7.46. The van der Waals surface area contributed by atoms with Gasteiger partial charge in [-0.2, -0.15) is 0 Å². The molecule has 1 nitrogen and oxygen atoms in total. The number of thiophene rings is 1. The molecule has 0 aliphatic heterocycles. The zero-order chi connectivity index (χ0) is 31.3. The van der Waals surface area contributed by atoms with E-state index < -0.39 is 0 Å². The Labute approximate surface area is 280 Å². The van der Waals surface area contributed by atoms with Crippen LogP contribution in [0.3, 0.4) is 0 Å². The van der Waals surface area contributed by atoms with Crippen molar-refractivity contribution in [3.63, 3.8) is 0 Å². The van der Waals surface area contributed by atoms with Gasteiger partial charge in [-0.1, -0.05) is 133 Å². The number of benzene rings is 9. The molecular formula is C46H27NS. The highest BCUT2D eigenvalue weighted by atomic mass is 32.1. The van der Waals surface area contributed by atoms with Crippen LogP contribution in [0.4, 0.5) is 0 Å². The van der Waals surface area contributed by atoms with E-state index in [2.05, 4.69) is 163 Å². The SMILES string of the molecule is c1ccc2c(-c3c4ccccc4c(-c4ccc5[nH]c6cc7c(cc6c5c4)sc4c5ccccc5ccc74)c4ccccc34)cccc2c1. The van der Waals surface area contributed by atoms with Gasteiger partial charge in [-0.15, -0.1) is 11.3 Å². The van der Waals surface area contributed by atoms with Gasteiger partial charge in [0.15, 0.2) is 0 Å². The Morgan fingerprint density at radius 3 is 1.71 bits per heavy atom. The molecule has 0 spiro atoms. The fraction of sp³-hybridized carbons (Fsp3) is 0. The summed E-state index contributed by atoms with van der Waals surface area (Å²) in [6, 6.07) is 58.4. The highest BCUT2D eigenvalue weighted by molar-refractivity contribution is 7.26. The molecule has 0 aliphatic rings. The lowest BCUT2D eigenvalue weighted by molar-refractivity contribution is 1.56. The molecule has 48 heavy (non-hydrogen) atoms. The van der Waals surface area contributed by atoms with Crippen LogP contribution >= 0.6 is 11.3 Å². The quantitative estimate of drug-likeness (QED) is 0.184. The Bertz CT molecular complexity index is 3060. The molecule has 0 bridgehead atoms. The second-order valence-electron chi connectivity index (χ2n) is 12.9. The number of rotatable bonds is 2. The smallest absolute Gasteiger partial charge is 0.0472 e. The van der Waals surface area contributed by atoms with E-state index in [4.69, 9.17) is 0 Å². The average molecular weight is 626 g/mol. The summed E-state index contributed by atoms with van der Waals surface area (Å²) in [6.07, 6.45) is 0. The van der Waals surface area contributed by atoms with E-state index in [1.54, 1.807) is 0 Å². The second kappa shape index (κ2) is 9.78. The van der Waals surface area contributed by atoms with Gasteiger partial charge in [0.2, 0.25) is 0 Å². The molecule has 0 fully saturated rings. The number of hydrogen-bond donors (Lipinski definition) is 1. The summed E-state index contributed by atoms with van der Waals surface area (Å²) in [4.78, 5) is 3.77. The molecule has 1 N–H and O–H groups in total. The Hall–Kier alpha value is -5.96. The Kier molecular flexibility index (Phi) is 5.32. The molecule has 2 heteroatoms. The third kappa shape index (κ3) is 3.61. The Balaban J connectivity index is 1.19. The molecule has 0 unspecified atom stereocenters. The van der Waals surface area contributed by atoms with Crippen molar-refractivity contribution >= 4 is 96.4 Å². The van der Waals surface area contributed by atoms with Crippen LogP contribution in [0.25, 0.3) is 107 Å². The van der Waals surface area contributed by atoms with E-state index in [0.29, 0.717) is 0 Å². The summed E-state index contributed by atoms with van der Waals surface area (Å²) < 4.78 is 2.69. The van der Waals surface area contributed by atoms with Crippen LogP contribution in [0.15, 0.2) is 158 Å². The summed E-state index contributed by atoms with van der Waals surface area (Å²) in [5.74, 6) is 0. The number of aromatic amines is 1. The maximum absolute atomic E-state index is 3.77. The monoisotopic (exact) mass is 625 g/mol. The topological polar surface area (TPSA) is 15.8 Å². The van der Waals surface area contributed by atoms with Crippen molar-refractivity contribution in [1.82, 2.24) is 4.98 Å². The fourth-order valence-corrected chi connectivity index (χ4v) is 9.49. The normalized spacial score (nSPS) is 12.2. The first-order valence-corrected chi connectivity index (χ1v) is 17.3. The van der Waals surface area contributed by atoms with Crippen LogP contribution < -0.4 is 0 Å². The van der Waals surface area contributed by atoms with Crippen LogP contribution in [-0.4, -0.2) is 4.98 Å². The highest BCUT2D eigenvalue weighted by Gasteiger charge is 2.19. The molecule has 0 atom stereocenters. The van der Waals surface area contributed by atoms with Crippen molar-refractivity contribution in [3.8, 4) is 22.3 Å². The summed E-state index contributed by atoms with van der Waals surface area (Å²) >= 11 is 1.91. The fourth-order valence-electron chi connectivity index (χ4n) is 8.23. The van der Waals surface area contributed by atoms with Crippen molar-refractivity contribution in [3.05, 3.63) is 158 Å². The van der Waals surface area contributed by atoms with Crippen molar-refractivity contribution in [2.45, 2.75) is 0 Å². The first-order chi connectivity index (χ1) is 23.8. The zero-order valence-corrected chi connectivity index (χ0v) is 26.7. The van der Waals surface area contributed by atoms with Gasteiger partial charge in [-0.3, -0.25) is 0 Å². The molecule has 222 valence electrons. The van der Waals surface area contributed by atoms with E-state index in [1.165, 1.54) is 107 Å². The van der Waals surface area contributed by atoms with Crippen LogP contribution in [-0.2, 0) is 0 Å². The lowest BCUT2D eigenvalue weighted by atomic mass is 9.84. The molecule has 2 aromatic heterocycles. The third-order valence-electron chi connectivity index (χ3n) is 10.4. The minimum absolute atomic E-state index is 1.17. The van der Waals surface area contributed by atoms with Crippen molar-refractivity contribution in [1.29, 1.82) is 0 Å². The first-order valence-electron chi connectivity index (χ1n) is 16.5. The van der Waals surface area contributed by atoms with Gasteiger partial charge < -0.3 is 4.98 Å². The molecule has 0 radical (unpaired) electrons. The van der Waals surface area contributed by atoms with E-state index in [-0.39, 0.29) is 0 Å².